The van der Waals surface area contributed by atoms with Crippen molar-refractivity contribution in [1.82, 2.24) is 5.32 Å². The molecule has 0 heterocycles. The summed E-state index contributed by atoms with van der Waals surface area (Å²) in [6, 6.07) is 8.98. The second kappa shape index (κ2) is 10.4. The maximum absolute atomic E-state index is 13.7. The van der Waals surface area contributed by atoms with Gasteiger partial charge >= 0.3 is 6.03 Å². The molecule has 0 aromatic heterocycles. The topological polar surface area (TPSA) is 67.4 Å². The van der Waals surface area contributed by atoms with E-state index in [4.69, 9.17) is 4.74 Å². The Kier molecular flexibility index (Phi) is 7.60. The number of rotatable bonds is 6. The van der Waals surface area contributed by atoms with Crippen LogP contribution in [-0.4, -0.2) is 18.0 Å². The van der Waals surface area contributed by atoms with Crippen molar-refractivity contribution < 1.29 is 23.1 Å². The van der Waals surface area contributed by atoms with Crippen LogP contribution >= 0.6 is 0 Å². The maximum atomic E-state index is 13.7. The van der Waals surface area contributed by atoms with Crippen LogP contribution in [0.25, 0.3) is 0 Å². The Morgan fingerprint density at radius 1 is 0.968 bits per heavy atom. The van der Waals surface area contributed by atoms with Crippen molar-refractivity contribution in [1.29, 1.82) is 0 Å². The molecule has 0 bridgehead atoms. The highest BCUT2D eigenvalue weighted by atomic mass is 19.1. The van der Waals surface area contributed by atoms with Gasteiger partial charge in [0.1, 0.15) is 29.1 Å². The first-order valence-corrected chi connectivity index (χ1v) is 10.7. The molecule has 2 aromatic carbocycles. The molecule has 7 heteroatoms. The van der Waals surface area contributed by atoms with Gasteiger partial charge in [-0.25, -0.2) is 13.6 Å². The van der Waals surface area contributed by atoms with E-state index in [1.165, 1.54) is 32.1 Å². The molecule has 3 amide bonds. The third-order valence-electron chi connectivity index (χ3n) is 5.57. The average molecular weight is 430 g/mol. The zero-order valence-electron chi connectivity index (χ0n) is 17.8. The van der Waals surface area contributed by atoms with Gasteiger partial charge < -0.3 is 10.1 Å². The van der Waals surface area contributed by atoms with Gasteiger partial charge in [0.15, 0.2) is 0 Å². The molecule has 1 atom stereocenters. The van der Waals surface area contributed by atoms with Crippen molar-refractivity contribution in [2.75, 3.05) is 5.32 Å². The zero-order valence-corrected chi connectivity index (χ0v) is 17.8. The van der Waals surface area contributed by atoms with Gasteiger partial charge in [-0.15, -0.1) is 0 Å². The number of nitrogens with one attached hydrogen (secondary N) is 2. The summed E-state index contributed by atoms with van der Waals surface area (Å²) in [6.07, 6.45) is 6.26. The molecule has 0 spiro atoms. The fraction of sp³-hybridized carbons (Fsp3) is 0.417. The molecule has 1 fully saturated rings. The summed E-state index contributed by atoms with van der Waals surface area (Å²) in [6.45, 7) is 4.32. The van der Waals surface area contributed by atoms with Crippen molar-refractivity contribution in [2.24, 2.45) is 11.8 Å². The Morgan fingerprint density at radius 3 is 2.16 bits per heavy atom. The van der Waals surface area contributed by atoms with E-state index in [0.717, 1.165) is 18.2 Å². The average Bonchev–Trinajstić information content (AvgIpc) is 2.73. The lowest BCUT2D eigenvalue weighted by Gasteiger charge is -2.33. The molecule has 0 saturated heterocycles. The molecule has 3 rings (SSSR count). The number of carbonyl (C=O) groups is 2. The number of imide groups is 1. The van der Waals surface area contributed by atoms with E-state index >= 15 is 0 Å². The van der Waals surface area contributed by atoms with Crippen molar-refractivity contribution in [3.63, 3.8) is 0 Å². The lowest BCUT2D eigenvalue weighted by Crippen LogP contribution is -2.35. The van der Waals surface area contributed by atoms with E-state index in [-0.39, 0.29) is 6.10 Å². The smallest absolute Gasteiger partial charge is 0.326 e. The fourth-order valence-corrected chi connectivity index (χ4v) is 4.06. The van der Waals surface area contributed by atoms with Gasteiger partial charge in [-0.1, -0.05) is 39.2 Å². The Morgan fingerprint density at radius 2 is 1.58 bits per heavy atom. The van der Waals surface area contributed by atoms with Crippen LogP contribution in [0.15, 0.2) is 42.5 Å². The third-order valence-corrected chi connectivity index (χ3v) is 5.57. The summed E-state index contributed by atoms with van der Waals surface area (Å²) in [4.78, 5) is 24.1. The number of benzene rings is 2. The van der Waals surface area contributed by atoms with Crippen LogP contribution < -0.4 is 15.4 Å². The highest BCUT2D eigenvalue weighted by Crippen LogP contribution is 2.32. The first kappa shape index (κ1) is 22.7. The second-order valence-corrected chi connectivity index (χ2v) is 8.25. The number of amides is 3. The van der Waals surface area contributed by atoms with E-state index in [1.807, 2.05) is 5.32 Å². The summed E-state index contributed by atoms with van der Waals surface area (Å²) >= 11 is 0. The molecular formula is C24H28F2N2O3. The van der Waals surface area contributed by atoms with Crippen LogP contribution in [0.5, 0.6) is 5.75 Å². The van der Waals surface area contributed by atoms with E-state index in [2.05, 4.69) is 19.2 Å². The van der Waals surface area contributed by atoms with Crippen LogP contribution in [0.4, 0.5) is 19.3 Å². The predicted molar refractivity (Wildman–Crippen MR) is 115 cm³/mol. The lowest BCUT2D eigenvalue weighted by atomic mass is 9.81. The van der Waals surface area contributed by atoms with Crippen molar-refractivity contribution >= 4 is 17.6 Å². The minimum Gasteiger partial charge on any atom is -0.490 e. The monoisotopic (exact) mass is 430 g/mol. The normalized spacial score (nSPS) is 15.4. The van der Waals surface area contributed by atoms with Gasteiger partial charge in [0.25, 0.3) is 5.91 Å². The number of hydrogen-bond acceptors (Lipinski definition) is 3. The van der Waals surface area contributed by atoms with Crippen LogP contribution in [0.1, 0.15) is 56.3 Å². The first-order valence-electron chi connectivity index (χ1n) is 10.7. The van der Waals surface area contributed by atoms with Gasteiger partial charge in [-0.2, -0.15) is 0 Å². The molecule has 1 aliphatic carbocycles. The largest absolute Gasteiger partial charge is 0.490 e. The van der Waals surface area contributed by atoms with Gasteiger partial charge in [0.05, 0.1) is 0 Å². The number of hydrogen-bond donors (Lipinski definition) is 2. The predicted octanol–water partition coefficient (Wildman–Crippen LogP) is 5.91. The number of anilines is 1. The molecule has 166 valence electrons. The molecule has 5 nitrogen and oxygen atoms in total. The summed E-state index contributed by atoms with van der Waals surface area (Å²) in [7, 11) is 0. The zero-order chi connectivity index (χ0) is 22.4. The van der Waals surface area contributed by atoms with Gasteiger partial charge in [0.2, 0.25) is 0 Å². The number of urea groups is 1. The van der Waals surface area contributed by atoms with Crippen molar-refractivity contribution in [3.05, 3.63) is 59.7 Å². The molecule has 1 unspecified atom stereocenters. The van der Waals surface area contributed by atoms with E-state index < -0.39 is 29.1 Å². The Hall–Kier alpha value is -2.96. The summed E-state index contributed by atoms with van der Waals surface area (Å²) < 4.78 is 33.6. The van der Waals surface area contributed by atoms with Crippen molar-refractivity contribution in [2.45, 2.75) is 52.1 Å². The van der Waals surface area contributed by atoms with Gasteiger partial charge in [-0.05, 0) is 61.1 Å². The van der Waals surface area contributed by atoms with Crippen molar-refractivity contribution in [3.8, 4) is 5.75 Å². The third kappa shape index (κ3) is 6.03. The van der Waals surface area contributed by atoms with Crippen LogP contribution in [-0.2, 0) is 0 Å². The summed E-state index contributed by atoms with van der Waals surface area (Å²) in [5, 5.41) is 4.41. The molecule has 0 aliphatic heterocycles. The Bertz CT molecular complexity index is 889. The number of carbonyl (C=O) groups excluding carboxylic acids is 2. The van der Waals surface area contributed by atoms with Gasteiger partial charge in [0, 0.05) is 5.69 Å². The molecule has 31 heavy (non-hydrogen) atoms. The quantitative estimate of drug-likeness (QED) is 0.599. The van der Waals surface area contributed by atoms with Crippen LogP contribution in [0.2, 0.25) is 0 Å². The molecule has 1 saturated carbocycles. The van der Waals surface area contributed by atoms with E-state index in [9.17, 15) is 18.4 Å². The number of ether oxygens (including phenoxy) is 1. The SMILES string of the molecule is CC(C)C(Oc1ccc(NC(=O)NC(=O)c2c(F)cccc2F)cc1)C1CCCCC1. The van der Waals surface area contributed by atoms with Gasteiger partial charge in [-0.3, -0.25) is 10.1 Å². The first-order chi connectivity index (χ1) is 14.8. The highest BCUT2D eigenvalue weighted by Gasteiger charge is 2.28. The lowest BCUT2D eigenvalue weighted by molar-refractivity contribution is 0.0684. The van der Waals surface area contributed by atoms with E-state index in [1.54, 1.807) is 24.3 Å². The molecule has 0 radical (unpaired) electrons. The fourth-order valence-electron chi connectivity index (χ4n) is 4.06. The standard InChI is InChI=1S/C24H28F2N2O3/c1-15(2)22(16-7-4-3-5-8-16)31-18-13-11-17(12-14-18)27-24(30)28-23(29)21-19(25)9-6-10-20(21)26/h6,9-16,22H,3-5,7-8H2,1-2H3,(H2,27,28,29,30). The Balaban J connectivity index is 1.58. The molecule has 1 aliphatic rings. The molecule has 2 aromatic rings. The van der Waals surface area contributed by atoms with Crippen LogP contribution in [0, 0.1) is 23.5 Å². The van der Waals surface area contributed by atoms with E-state index in [0.29, 0.717) is 23.3 Å². The van der Waals surface area contributed by atoms with Crippen LogP contribution in [0.3, 0.4) is 0 Å². The maximum Gasteiger partial charge on any atom is 0.326 e. The summed E-state index contributed by atoms with van der Waals surface area (Å²) in [5.74, 6) is -1.59. The minimum absolute atomic E-state index is 0.135. The number of halogens is 2. The summed E-state index contributed by atoms with van der Waals surface area (Å²) in [5.41, 5.74) is -0.380. The molecule has 2 N–H and O–H groups in total. The second-order valence-electron chi connectivity index (χ2n) is 8.25. The Labute approximate surface area is 181 Å². The minimum atomic E-state index is -1.15. The molecular weight excluding hydrogens is 402 g/mol. The highest BCUT2D eigenvalue weighted by molar-refractivity contribution is 6.08.